The van der Waals surface area contributed by atoms with Crippen molar-refractivity contribution in [3.63, 3.8) is 0 Å². The molecule has 0 N–H and O–H groups in total. The van der Waals surface area contributed by atoms with Gasteiger partial charge in [-0.2, -0.15) is 0 Å². The predicted molar refractivity (Wildman–Crippen MR) is 100 cm³/mol. The van der Waals surface area contributed by atoms with E-state index in [9.17, 15) is 4.79 Å². The van der Waals surface area contributed by atoms with Crippen molar-refractivity contribution >= 4 is 5.78 Å². The second-order valence-corrected chi connectivity index (χ2v) is 8.01. The number of allylic oxidation sites excluding steroid dienone is 2. The summed E-state index contributed by atoms with van der Waals surface area (Å²) in [5.74, 6) is 0.101. The molecule has 0 fully saturated rings. The Kier molecular flexibility index (Phi) is 3.59. The lowest BCUT2D eigenvalue weighted by atomic mass is 9.53. The molecule has 4 nitrogen and oxygen atoms in total. The summed E-state index contributed by atoms with van der Waals surface area (Å²) in [4.78, 5) is 25.4. The Morgan fingerprint density at radius 1 is 1.15 bits per heavy atom. The molecular weight excluding hydrogens is 322 g/mol. The van der Waals surface area contributed by atoms with Crippen LogP contribution in [0.5, 0.6) is 0 Å². The van der Waals surface area contributed by atoms with Crippen LogP contribution in [-0.2, 0) is 16.6 Å². The molecule has 0 aliphatic heterocycles. The average Bonchev–Trinajstić information content (AvgIpc) is 2.65. The molecule has 26 heavy (non-hydrogen) atoms. The third-order valence-corrected chi connectivity index (χ3v) is 6.14. The maximum atomic E-state index is 12.8. The van der Waals surface area contributed by atoms with Crippen LogP contribution in [0.2, 0.25) is 0 Å². The van der Waals surface area contributed by atoms with E-state index in [1.807, 2.05) is 32.1 Å². The first kappa shape index (κ1) is 16.7. The molecule has 2 aliphatic carbocycles. The standard InChI is InChI=1S/C22H21N3O/c1-21(2)18-8-6-15-5-7-16(14-9-11-24-12-10-14)25-19(15)22(18,3)13-17(23-4)20(21)26/h5,7,9-13,18H,6,8H2,1-3H3/t18-,22-/m0/s1. The summed E-state index contributed by atoms with van der Waals surface area (Å²) in [7, 11) is 0. The SMILES string of the molecule is [C-]#[N+]C1=C[C@]2(C)c3nc(-c4ccncc4)ccc3CC[C@H]2C(C)(C)C1=O. The Balaban J connectivity index is 1.94. The van der Waals surface area contributed by atoms with Crippen LogP contribution in [0.4, 0.5) is 0 Å². The zero-order valence-corrected chi connectivity index (χ0v) is 15.3. The first-order valence-electron chi connectivity index (χ1n) is 8.94. The van der Waals surface area contributed by atoms with E-state index in [4.69, 9.17) is 11.6 Å². The van der Waals surface area contributed by atoms with Gasteiger partial charge in [-0.15, -0.1) is 0 Å². The van der Waals surface area contributed by atoms with Gasteiger partial charge in [0.1, 0.15) is 0 Å². The Labute approximate surface area is 153 Å². The number of nitrogens with zero attached hydrogens (tertiary/aromatic N) is 3. The third kappa shape index (κ3) is 2.24. The summed E-state index contributed by atoms with van der Waals surface area (Å²) >= 11 is 0. The largest absolute Gasteiger partial charge is 0.307 e. The molecule has 130 valence electrons. The van der Waals surface area contributed by atoms with Gasteiger partial charge in [0.25, 0.3) is 0 Å². The van der Waals surface area contributed by atoms with E-state index >= 15 is 0 Å². The first-order valence-corrected chi connectivity index (χ1v) is 8.94. The number of fused-ring (bicyclic) bond motifs is 3. The number of aryl methyl sites for hydroxylation is 1. The summed E-state index contributed by atoms with van der Waals surface area (Å²) < 4.78 is 0. The van der Waals surface area contributed by atoms with E-state index in [-0.39, 0.29) is 17.4 Å². The molecule has 2 atom stereocenters. The van der Waals surface area contributed by atoms with Gasteiger partial charge < -0.3 is 4.79 Å². The maximum absolute atomic E-state index is 12.8. The van der Waals surface area contributed by atoms with E-state index in [0.717, 1.165) is 29.8 Å². The van der Waals surface area contributed by atoms with Crippen molar-refractivity contribution in [2.24, 2.45) is 11.3 Å². The number of rotatable bonds is 1. The van der Waals surface area contributed by atoms with Gasteiger partial charge in [0, 0.05) is 28.8 Å². The van der Waals surface area contributed by atoms with Gasteiger partial charge in [-0.1, -0.05) is 32.9 Å². The van der Waals surface area contributed by atoms with Crippen molar-refractivity contribution < 1.29 is 4.79 Å². The van der Waals surface area contributed by atoms with Crippen molar-refractivity contribution in [3.8, 4) is 11.3 Å². The number of aromatic nitrogens is 2. The molecule has 0 bridgehead atoms. The molecule has 2 heterocycles. The van der Waals surface area contributed by atoms with E-state index in [2.05, 4.69) is 28.9 Å². The van der Waals surface area contributed by atoms with Gasteiger partial charge in [-0.25, -0.2) is 4.85 Å². The lowest BCUT2D eigenvalue weighted by Gasteiger charge is -2.50. The molecule has 0 unspecified atom stereocenters. The fraction of sp³-hybridized carbons (Fsp3) is 0.364. The van der Waals surface area contributed by atoms with Gasteiger partial charge in [0.2, 0.25) is 5.70 Å². The van der Waals surface area contributed by atoms with Gasteiger partial charge in [0.15, 0.2) is 5.78 Å². The maximum Gasteiger partial charge on any atom is 0.226 e. The second-order valence-electron chi connectivity index (χ2n) is 8.01. The van der Waals surface area contributed by atoms with Gasteiger partial charge in [-0.05, 0) is 42.5 Å². The monoisotopic (exact) mass is 343 g/mol. The molecule has 0 aromatic carbocycles. The summed E-state index contributed by atoms with van der Waals surface area (Å²) in [5.41, 5.74) is 3.42. The zero-order valence-electron chi connectivity index (χ0n) is 15.3. The average molecular weight is 343 g/mol. The van der Waals surface area contributed by atoms with E-state index in [1.165, 1.54) is 5.56 Å². The fourth-order valence-electron chi connectivity index (χ4n) is 4.80. The minimum atomic E-state index is -0.560. The molecule has 0 amide bonds. The van der Waals surface area contributed by atoms with Crippen molar-refractivity contribution in [2.75, 3.05) is 0 Å². The highest BCUT2D eigenvalue weighted by Gasteiger charge is 2.54. The van der Waals surface area contributed by atoms with Crippen LogP contribution in [0, 0.1) is 17.9 Å². The van der Waals surface area contributed by atoms with Gasteiger partial charge in [-0.3, -0.25) is 9.97 Å². The number of hydrogen-bond donors (Lipinski definition) is 0. The molecule has 2 aromatic rings. The molecule has 4 rings (SSSR count). The highest BCUT2D eigenvalue weighted by atomic mass is 16.1. The van der Waals surface area contributed by atoms with Crippen LogP contribution in [0.3, 0.4) is 0 Å². The van der Waals surface area contributed by atoms with E-state index in [0.29, 0.717) is 0 Å². The van der Waals surface area contributed by atoms with Crippen LogP contribution in [0.15, 0.2) is 48.4 Å². The molecule has 0 radical (unpaired) electrons. The fourth-order valence-corrected chi connectivity index (χ4v) is 4.80. The molecule has 2 aromatic heterocycles. The summed E-state index contributed by atoms with van der Waals surface area (Å²) in [6.07, 6.45) is 7.25. The number of Topliss-reactive ketones (excluding diaryl/α,β-unsaturated/α-hetero) is 1. The number of hydrogen-bond acceptors (Lipinski definition) is 3. The number of pyridine rings is 2. The topological polar surface area (TPSA) is 47.2 Å². The van der Waals surface area contributed by atoms with Crippen LogP contribution in [-0.4, -0.2) is 15.8 Å². The number of ketones is 1. The minimum Gasteiger partial charge on any atom is -0.307 e. The molecule has 0 saturated heterocycles. The Morgan fingerprint density at radius 2 is 1.88 bits per heavy atom. The third-order valence-electron chi connectivity index (χ3n) is 6.14. The van der Waals surface area contributed by atoms with Crippen LogP contribution in [0.1, 0.15) is 38.4 Å². The molecule has 0 spiro atoms. The number of carbonyl (C=O) groups excluding carboxylic acids is 1. The van der Waals surface area contributed by atoms with Crippen molar-refractivity contribution in [1.29, 1.82) is 0 Å². The normalized spacial score (nSPS) is 26.3. The smallest absolute Gasteiger partial charge is 0.226 e. The predicted octanol–water partition coefficient (Wildman–Crippen LogP) is 4.38. The summed E-state index contributed by atoms with van der Waals surface area (Å²) in [5, 5.41) is 0. The Hall–Kier alpha value is -2.80. The molecular formula is C22H21N3O. The Bertz CT molecular complexity index is 969. The van der Waals surface area contributed by atoms with Crippen LogP contribution >= 0.6 is 0 Å². The lowest BCUT2D eigenvalue weighted by molar-refractivity contribution is -0.128. The second kappa shape index (κ2) is 5.60. The molecule has 0 saturated carbocycles. The first-order chi connectivity index (χ1) is 12.4. The van der Waals surface area contributed by atoms with Crippen molar-refractivity contribution in [2.45, 2.75) is 39.0 Å². The highest BCUT2D eigenvalue weighted by Crippen LogP contribution is 2.54. The summed E-state index contributed by atoms with van der Waals surface area (Å²) in [6.45, 7) is 13.6. The minimum absolute atomic E-state index is 0.0382. The molecule has 4 heteroatoms. The van der Waals surface area contributed by atoms with Crippen LogP contribution in [0.25, 0.3) is 16.1 Å². The van der Waals surface area contributed by atoms with E-state index in [1.54, 1.807) is 12.4 Å². The Morgan fingerprint density at radius 3 is 2.58 bits per heavy atom. The quantitative estimate of drug-likeness (QED) is 0.722. The van der Waals surface area contributed by atoms with Crippen LogP contribution < -0.4 is 0 Å². The van der Waals surface area contributed by atoms with Gasteiger partial charge >= 0.3 is 0 Å². The van der Waals surface area contributed by atoms with E-state index < -0.39 is 10.8 Å². The molecule has 2 aliphatic rings. The summed E-state index contributed by atoms with van der Waals surface area (Å²) in [6, 6.07) is 8.10. The highest BCUT2D eigenvalue weighted by molar-refractivity contribution is 6.02. The number of carbonyl (C=O) groups is 1. The van der Waals surface area contributed by atoms with Crippen molar-refractivity contribution in [1.82, 2.24) is 9.97 Å². The van der Waals surface area contributed by atoms with Crippen molar-refractivity contribution in [3.05, 3.63) is 71.1 Å². The lowest BCUT2D eigenvalue weighted by Crippen LogP contribution is -2.51. The zero-order chi connectivity index (χ0) is 18.5. The van der Waals surface area contributed by atoms with Gasteiger partial charge in [0.05, 0.1) is 18.0 Å².